The van der Waals surface area contributed by atoms with Crippen molar-refractivity contribution in [3.63, 3.8) is 0 Å². The fourth-order valence-corrected chi connectivity index (χ4v) is 4.98. The maximum absolute atomic E-state index is 6.39. The van der Waals surface area contributed by atoms with Gasteiger partial charge in [-0.1, -0.05) is 72.1 Å². The largest absolute Gasteiger partial charge is 0.454 e. The second kappa shape index (κ2) is 9.54. The lowest BCUT2D eigenvalue weighted by Crippen LogP contribution is -2.17. The van der Waals surface area contributed by atoms with Crippen LogP contribution in [0, 0.1) is 0 Å². The van der Waals surface area contributed by atoms with Crippen molar-refractivity contribution in [3.05, 3.63) is 46.4 Å². The molecule has 2 aliphatic rings. The van der Waals surface area contributed by atoms with Gasteiger partial charge in [0.1, 0.15) is 0 Å². The SMILES string of the molecule is CCCCCCSc1nnc2c(n1)OC(c1cc3c(cc1Br)OCO3)Nc1ccccc1-2. The van der Waals surface area contributed by atoms with Gasteiger partial charge < -0.3 is 19.5 Å². The number of nitrogens with one attached hydrogen (secondary N) is 1. The van der Waals surface area contributed by atoms with Gasteiger partial charge in [-0.05, 0) is 24.6 Å². The van der Waals surface area contributed by atoms with Gasteiger partial charge in [-0.3, -0.25) is 0 Å². The average molecular weight is 515 g/mol. The number of hydrogen-bond donors (Lipinski definition) is 1. The van der Waals surface area contributed by atoms with Gasteiger partial charge in [0, 0.05) is 27.0 Å². The van der Waals surface area contributed by atoms with Crippen LogP contribution in [0.25, 0.3) is 11.3 Å². The van der Waals surface area contributed by atoms with Crippen molar-refractivity contribution in [3.8, 4) is 28.6 Å². The molecule has 0 aliphatic carbocycles. The molecule has 7 nitrogen and oxygen atoms in total. The van der Waals surface area contributed by atoms with Crippen molar-refractivity contribution < 1.29 is 14.2 Å². The van der Waals surface area contributed by atoms with Crippen molar-refractivity contribution in [2.75, 3.05) is 17.9 Å². The van der Waals surface area contributed by atoms with Crippen LogP contribution < -0.4 is 19.5 Å². The van der Waals surface area contributed by atoms with Gasteiger partial charge >= 0.3 is 0 Å². The summed E-state index contributed by atoms with van der Waals surface area (Å²) in [5.74, 6) is 2.83. The van der Waals surface area contributed by atoms with Gasteiger partial charge in [0.2, 0.25) is 17.8 Å². The lowest BCUT2D eigenvalue weighted by molar-refractivity contribution is 0.173. The Balaban J connectivity index is 1.47. The van der Waals surface area contributed by atoms with Gasteiger partial charge in [0.25, 0.3) is 0 Å². The molecule has 0 saturated carbocycles. The number of halogens is 1. The number of fused-ring (bicyclic) bond motifs is 4. The Morgan fingerprint density at radius 3 is 2.81 bits per heavy atom. The second-order valence-corrected chi connectivity index (χ2v) is 9.49. The number of unbranched alkanes of at least 4 members (excludes halogenated alkanes) is 3. The number of rotatable bonds is 7. The highest BCUT2D eigenvalue weighted by Crippen LogP contribution is 2.44. The van der Waals surface area contributed by atoms with Gasteiger partial charge in [0.15, 0.2) is 23.4 Å². The minimum atomic E-state index is -0.500. The molecule has 0 spiro atoms. The third-order valence-corrected chi connectivity index (χ3v) is 6.95. The molecule has 5 rings (SSSR count). The minimum absolute atomic E-state index is 0.214. The van der Waals surface area contributed by atoms with Crippen molar-refractivity contribution in [1.82, 2.24) is 15.2 Å². The molecule has 2 aromatic carbocycles. The number of para-hydroxylation sites is 1. The summed E-state index contributed by atoms with van der Waals surface area (Å²) in [4.78, 5) is 4.72. The van der Waals surface area contributed by atoms with Crippen LogP contribution in [0.15, 0.2) is 46.0 Å². The van der Waals surface area contributed by atoms with Crippen molar-refractivity contribution in [2.24, 2.45) is 0 Å². The smallest absolute Gasteiger partial charge is 0.247 e. The molecular formula is C23H23BrN4O3S. The topological polar surface area (TPSA) is 78.4 Å². The number of hydrogen-bond acceptors (Lipinski definition) is 8. The molecule has 1 atom stereocenters. The van der Waals surface area contributed by atoms with E-state index in [4.69, 9.17) is 19.2 Å². The third-order valence-electron chi connectivity index (χ3n) is 5.34. The van der Waals surface area contributed by atoms with Crippen molar-refractivity contribution in [2.45, 2.75) is 44.0 Å². The molecule has 9 heteroatoms. The molecule has 0 bridgehead atoms. The summed E-state index contributed by atoms with van der Waals surface area (Å²) in [5.41, 5.74) is 3.31. The highest BCUT2D eigenvalue weighted by molar-refractivity contribution is 9.10. The summed E-state index contributed by atoms with van der Waals surface area (Å²) in [5, 5.41) is 13.0. The van der Waals surface area contributed by atoms with Gasteiger partial charge in [-0.25, -0.2) is 0 Å². The fraction of sp³-hybridized carbons (Fsp3) is 0.348. The molecule has 1 aromatic heterocycles. The predicted octanol–water partition coefficient (Wildman–Crippen LogP) is 6.21. The van der Waals surface area contributed by atoms with Crippen LogP contribution in [0.1, 0.15) is 44.4 Å². The molecule has 0 fully saturated rings. The summed E-state index contributed by atoms with van der Waals surface area (Å²) in [6, 6.07) is 11.8. The Bertz CT molecular complexity index is 1130. The summed E-state index contributed by atoms with van der Waals surface area (Å²) < 4.78 is 18.3. The first-order chi connectivity index (χ1) is 15.7. The number of thioether (sulfide) groups is 1. The standard InChI is InChI=1S/C23H23BrN4O3S/c1-2-3-4-7-10-32-23-26-22-20(27-28-23)14-8-5-6-9-17(14)25-21(31-22)15-11-18-19(12-16(15)24)30-13-29-18/h5-6,8-9,11-12,21,25H,2-4,7,10,13H2,1H3. The molecule has 2 aliphatic heterocycles. The summed E-state index contributed by atoms with van der Waals surface area (Å²) in [7, 11) is 0. The molecule has 1 N–H and O–H groups in total. The Kier molecular flexibility index (Phi) is 6.36. The molecule has 32 heavy (non-hydrogen) atoms. The van der Waals surface area contributed by atoms with Crippen LogP contribution in [-0.2, 0) is 0 Å². The summed E-state index contributed by atoms with van der Waals surface area (Å²) in [6.07, 6.45) is 4.33. The number of anilines is 1. The van der Waals surface area contributed by atoms with E-state index in [2.05, 4.69) is 38.4 Å². The van der Waals surface area contributed by atoms with Gasteiger partial charge in [-0.15, -0.1) is 10.2 Å². The fourth-order valence-electron chi connectivity index (χ4n) is 3.68. The molecule has 1 unspecified atom stereocenters. The zero-order valence-corrected chi connectivity index (χ0v) is 20.0. The maximum Gasteiger partial charge on any atom is 0.247 e. The Morgan fingerprint density at radius 2 is 1.94 bits per heavy atom. The molecule has 166 valence electrons. The van der Waals surface area contributed by atoms with E-state index in [0.717, 1.165) is 33.5 Å². The first-order valence-corrected chi connectivity index (χ1v) is 12.5. The number of nitrogens with zero attached hydrogens (tertiary/aromatic N) is 3. The van der Waals surface area contributed by atoms with Crippen LogP contribution in [0.2, 0.25) is 0 Å². The van der Waals surface area contributed by atoms with E-state index in [1.807, 2.05) is 36.4 Å². The van der Waals surface area contributed by atoms with Crippen LogP contribution in [0.3, 0.4) is 0 Å². The summed E-state index contributed by atoms with van der Waals surface area (Å²) in [6.45, 7) is 2.43. The number of ether oxygens (including phenoxy) is 3. The molecule has 3 heterocycles. The van der Waals surface area contributed by atoms with Crippen LogP contribution in [0.4, 0.5) is 5.69 Å². The third kappa shape index (κ3) is 4.36. The lowest BCUT2D eigenvalue weighted by Gasteiger charge is -2.20. The number of aromatic nitrogens is 3. The van der Waals surface area contributed by atoms with Crippen LogP contribution in [-0.4, -0.2) is 27.7 Å². The van der Waals surface area contributed by atoms with E-state index >= 15 is 0 Å². The highest BCUT2D eigenvalue weighted by Gasteiger charge is 2.29. The zero-order valence-electron chi connectivity index (χ0n) is 17.6. The summed E-state index contributed by atoms with van der Waals surface area (Å²) >= 11 is 5.27. The Morgan fingerprint density at radius 1 is 1.09 bits per heavy atom. The Labute approximate surface area is 199 Å². The normalized spacial score (nSPS) is 15.9. The molecule has 0 saturated heterocycles. The zero-order chi connectivity index (χ0) is 21.9. The minimum Gasteiger partial charge on any atom is -0.454 e. The molecular weight excluding hydrogens is 492 g/mol. The first-order valence-electron chi connectivity index (χ1n) is 10.7. The first kappa shape index (κ1) is 21.3. The van der Waals surface area contributed by atoms with Gasteiger partial charge in [0.05, 0.1) is 0 Å². The second-order valence-electron chi connectivity index (χ2n) is 7.57. The van der Waals surface area contributed by atoms with Gasteiger partial charge in [-0.2, -0.15) is 4.98 Å². The lowest BCUT2D eigenvalue weighted by atomic mass is 10.1. The molecule has 0 amide bonds. The molecule has 3 aromatic rings. The Hall–Kier alpha value is -2.52. The van der Waals surface area contributed by atoms with Crippen LogP contribution in [0.5, 0.6) is 17.4 Å². The van der Waals surface area contributed by atoms with E-state index in [-0.39, 0.29) is 6.79 Å². The van der Waals surface area contributed by atoms with Crippen molar-refractivity contribution in [1.29, 1.82) is 0 Å². The number of benzene rings is 2. The van der Waals surface area contributed by atoms with Crippen LogP contribution >= 0.6 is 27.7 Å². The van der Waals surface area contributed by atoms with E-state index < -0.39 is 6.23 Å². The van der Waals surface area contributed by atoms with E-state index in [0.29, 0.717) is 28.2 Å². The average Bonchev–Trinajstić information content (AvgIpc) is 3.19. The highest BCUT2D eigenvalue weighted by atomic mass is 79.9. The van der Waals surface area contributed by atoms with E-state index in [1.54, 1.807) is 11.8 Å². The predicted molar refractivity (Wildman–Crippen MR) is 127 cm³/mol. The quantitative estimate of drug-likeness (QED) is 0.294. The maximum atomic E-state index is 6.39. The molecule has 0 radical (unpaired) electrons. The van der Waals surface area contributed by atoms with Crippen molar-refractivity contribution >= 4 is 33.4 Å². The van der Waals surface area contributed by atoms with E-state index in [1.165, 1.54) is 19.3 Å². The van der Waals surface area contributed by atoms with E-state index in [9.17, 15) is 0 Å². The monoisotopic (exact) mass is 514 g/mol.